The van der Waals surface area contributed by atoms with Crippen molar-refractivity contribution >= 4 is 28.9 Å². The monoisotopic (exact) mass is 351 g/mol. The van der Waals surface area contributed by atoms with Gasteiger partial charge in [0.1, 0.15) is 5.82 Å². The number of halogens is 2. The van der Waals surface area contributed by atoms with Crippen LogP contribution in [-0.2, 0) is 11.8 Å². The summed E-state index contributed by atoms with van der Waals surface area (Å²) in [6.07, 6.45) is 2.94. The smallest absolute Gasteiger partial charge is 0.188 e. The molecule has 0 unspecified atom stereocenters. The number of thiophene rings is 1. The molecule has 1 aromatic carbocycles. The second-order valence-electron chi connectivity index (χ2n) is 5.86. The first kappa shape index (κ1) is 16.3. The zero-order valence-corrected chi connectivity index (χ0v) is 14.3. The zero-order valence-electron chi connectivity index (χ0n) is 12.7. The molecular weight excluding hydrogens is 333 g/mol. The maximum absolute atomic E-state index is 13.2. The molecule has 122 valence electrons. The fourth-order valence-electron chi connectivity index (χ4n) is 2.64. The number of hydrogen-bond acceptors (Lipinski definition) is 2. The molecule has 0 aliphatic heterocycles. The highest BCUT2D eigenvalue weighted by molar-refractivity contribution is 7.09. The molecule has 1 aliphatic rings. The number of hydrogen-bond donors (Lipinski definition) is 2. The molecule has 1 saturated carbocycles. The molecule has 3 nitrogen and oxygen atoms in total. The minimum Gasteiger partial charge on any atom is -0.370 e. The Morgan fingerprint density at radius 3 is 2.87 bits per heavy atom. The zero-order chi connectivity index (χ0) is 16.3. The molecule has 1 aromatic heterocycles. The molecule has 0 saturated heterocycles. The third kappa shape index (κ3) is 4.03. The van der Waals surface area contributed by atoms with Crippen LogP contribution < -0.4 is 11.1 Å². The lowest BCUT2D eigenvalue weighted by Gasteiger charge is -2.15. The summed E-state index contributed by atoms with van der Waals surface area (Å²) in [6.45, 7) is 1.34. The van der Waals surface area contributed by atoms with Crippen molar-refractivity contribution in [3.8, 4) is 0 Å². The van der Waals surface area contributed by atoms with Gasteiger partial charge < -0.3 is 11.1 Å². The Morgan fingerprint density at radius 2 is 2.22 bits per heavy atom. The Kier molecular flexibility index (Phi) is 4.87. The van der Waals surface area contributed by atoms with Crippen molar-refractivity contribution in [2.75, 3.05) is 13.1 Å². The van der Waals surface area contributed by atoms with E-state index >= 15 is 0 Å². The lowest BCUT2D eigenvalue weighted by atomic mass is 9.96. The van der Waals surface area contributed by atoms with Crippen LogP contribution in [0.25, 0.3) is 0 Å². The molecule has 0 spiro atoms. The molecule has 1 aliphatic carbocycles. The summed E-state index contributed by atoms with van der Waals surface area (Å²) in [4.78, 5) is 5.77. The van der Waals surface area contributed by atoms with Gasteiger partial charge in [0.15, 0.2) is 5.96 Å². The van der Waals surface area contributed by atoms with Gasteiger partial charge in [-0.15, -0.1) is 11.3 Å². The van der Waals surface area contributed by atoms with Crippen LogP contribution in [0.1, 0.15) is 23.3 Å². The summed E-state index contributed by atoms with van der Waals surface area (Å²) in [5.74, 6) is 0.138. The Labute approximate surface area is 144 Å². The van der Waals surface area contributed by atoms with Crippen molar-refractivity contribution in [3.05, 3.63) is 57.0 Å². The van der Waals surface area contributed by atoms with E-state index in [-0.39, 0.29) is 11.2 Å². The number of nitrogens with zero attached hydrogens (tertiary/aromatic N) is 1. The topological polar surface area (TPSA) is 50.4 Å². The first-order valence-corrected chi connectivity index (χ1v) is 8.87. The number of nitrogens with two attached hydrogens (primary N) is 1. The first-order valence-electron chi connectivity index (χ1n) is 7.61. The Balaban J connectivity index is 1.55. The summed E-state index contributed by atoms with van der Waals surface area (Å²) in [6, 6.07) is 8.73. The molecule has 0 bridgehead atoms. The van der Waals surface area contributed by atoms with Crippen molar-refractivity contribution in [3.63, 3.8) is 0 Å². The molecule has 6 heteroatoms. The second-order valence-corrected chi connectivity index (χ2v) is 7.30. The minimum absolute atomic E-state index is 0.0785. The van der Waals surface area contributed by atoms with E-state index in [4.69, 9.17) is 17.3 Å². The van der Waals surface area contributed by atoms with Crippen molar-refractivity contribution in [2.24, 2.45) is 10.7 Å². The Hall–Kier alpha value is -1.59. The van der Waals surface area contributed by atoms with Gasteiger partial charge in [-0.1, -0.05) is 23.7 Å². The van der Waals surface area contributed by atoms with Crippen molar-refractivity contribution in [2.45, 2.75) is 24.7 Å². The molecule has 3 rings (SSSR count). The molecule has 3 N–H and O–H groups in total. The van der Waals surface area contributed by atoms with E-state index < -0.39 is 0 Å². The summed E-state index contributed by atoms with van der Waals surface area (Å²) >= 11 is 7.91. The van der Waals surface area contributed by atoms with E-state index in [0.29, 0.717) is 17.5 Å². The molecule has 0 atom stereocenters. The van der Waals surface area contributed by atoms with Gasteiger partial charge in [0.05, 0.1) is 6.54 Å². The standard InChI is InChI=1S/C17H19ClFN3S/c18-15-10-12(19)3-4-14(15)17(6-7-17)11-22-16(20)21-8-5-13-2-1-9-23-13/h1-4,9-10H,5-8,11H2,(H3,20,21,22). The van der Waals surface area contributed by atoms with Crippen LogP contribution in [0.4, 0.5) is 4.39 Å². The highest BCUT2D eigenvalue weighted by Gasteiger charge is 2.45. The van der Waals surface area contributed by atoms with Gasteiger partial charge in [0, 0.05) is 21.9 Å². The van der Waals surface area contributed by atoms with Crippen molar-refractivity contribution < 1.29 is 4.39 Å². The molecule has 1 fully saturated rings. The van der Waals surface area contributed by atoms with E-state index in [1.165, 1.54) is 17.0 Å². The fraction of sp³-hybridized carbons (Fsp3) is 0.353. The molecule has 23 heavy (non-hydrogen) atoms. The maximum Gasteiger partial charge on any atom is 0.188 e. The Bertz CT molecular complexity index is 696. The van der Waals surface area contributed by atoms with Gasteiger partial charge in [-0.25, -0.2) is 4.39 Å². The minimum atomic E-state index is -0.312. The van der Waals surface area contributed by atoms with Crippen LogP contribution in [0, 0.1) is 5.82 Å². The van der Waals surface area contributed by atoms with Crippen LogP contribution in [0.15, 0.2) is 40.7 Å². The largest absolute Gasteiger partial charge is 0.370 e. The summed E-state index contributed by atoms with van der Waals surface area (Å²) in [5, 5.41) is 5.68. The fourth-order valence-corrected chi connectivity index (χ4v) is 3.72. The average molecular weight is 352 g/mol. The number of rotatable bonds is 6. The van der Waals surface area contributed by atoms with E-state index in [2.05, 4.69) is 21.8 Å². The highest BCUT2D eigenvalue weighted by atomic mass is 35.5. The quantitative estimate of drug-likeness (QED) is 0.615. The third-order valence-corrected chi connectivity index (χ3v) is 5.41. The highest BCUT2D eigenvalue weighted by Crippen LogP contribution is 2.50. The van der Waals surface area contributed by atoms with Gasteiger partial charge >= 0.3 is 0 Å². The number of aliphatic imine (C=N–C) groups is 1. The van der Waals surface area contributed by atoms with E-state index in [0.717, 1.165) is 31.4 Å². The van der Waals surface area contributed by atoms with E-state index in [1.807, 2.05) is 6.07 Å². The Morgan fingerprint density at radius 1 is 1.39 bits per heavy atom. The molecule has 0 radical (unpaired) electrons. The van der Waals surface area contributed by atoms with Crippen molar-refractivity contribution in [1.82, 2.24) is 5.32 Å². The van der Waals surface area contributed by atoms with Crippen molar-refractivity contribution in [1.29, 1.82) is 0 Å². The second kappa shape index (κ2) is 6.89. The first-order chi connectivity index (χ1) is 11.1. The van der Waals surface area contributed by atoms with E-state index in [1.54, 1.807) is 17.4 Å². The summed E-state index contributed by atoms with van der Waals surface area (Å²) in [5.41, 5.74) is 6.83. The van der Waals surface area contributed by atoms with Gasteiger partial charge in [-0.05, 0) is 48.4 Å². The molecule has 0 amide bonds. The average Bonchev–Trinajstić information content (AvgIpc) is 3.11. The van der Waals surface area contributed by atoms with Crippen LogP contribution in [-0.4, -0.2) is 19.0 Å². The van der Waals surface area contributed by atoms with Gasteiger partial charge in [-0.2, -0.15) is 0 Å². The van der Waals surface area contributed by atoms with Gasteiger partial charge in [0.25, 0.3) is 0 Å². The van der Waals surface area contributed by atoms with Gasteiger partial charge in [-0.3, -0.25) is 4.99 Å². The van der Waals surface area contributed by atoms with Crippen LogP contribution in [0.5, 0.6) is 0 Å². The summed E-state index contributed by atoms with van der Waals surface area (Å²) < 4.78 is 13.2. The normalized spacial score (nSPS) is 16.3. The molecular formula is C17H19ClFN3S. The van der Waals surface area contributed by atoms with Crippen LogP contribution in [0.3, 0.4) is 0 Å². The maximum atomic E-state index is 13.2. The predicted molar refractivity (Wildman–Crippen MR) is 94.8 cm³/mol. The number of guanidine groups is 1. The lowest BCUT2D eigenvalue weighted by Crippen LogP contribution is -2.34. The number of nitrogens with one attached hydrogen (secondary N) is 1. The number of benzene rings is 1. The SMILES string of the molecule is NC(=NCC1(c2ccc(F)cc2Cl)CC1)NCCc1cccs1. The lowest BCUT2D eigenvalue weighted by molar-refractivity contribution is 0.623. The summed E-state index contributed by atoms with van der Waals surface area (Å²) in [7, 11) is 0. The predicted octanol–water partition coefficient (Wildman–Crippen LogP) is 3.72. The molecule has 2 aromatic rings. The van der Waals surface area contributed by atoms with E-state index in [9.17, 15) is 4.39 Å². The molecule has 1 heterocycles. The van der Waals surface area contributed by atoms with Gasteiger partial charge in [0.2, 0.25) is 0 Å². The third-order valence-electron chi connectivity index (χ3n) is 4.17. The van der Waals surface area contributed by atoms with Crippen LogP contribution >= 0.6 is 22.9 Å². The van der Waals surface area contributed by atoms with Crippen LogP contribution in [0.2, 0.25) is 5.02 Å².